The molecule has 23 heavy (non-hydrogen) atoms. The van der Waals surface area contributed by atoms with Gasteiger partial charge in [0.15, 0.2) is 0 Å². The molecular formula is C16H17NO4S2. The van der Waals surface area contributed by atoms with Crippen molar-refractivity contribution in [1.29, 1.82) is 0 Å². The van der Waals surface area contributed by atoms with Gasteiger partial charge in [-0.15, -0.1) is 0 Å². The van der Waals surface area contributed by atoms with Crippen molar-refractivity contribution >= 4 is 46.3 Å². The molecule has 0 aromatic heterocycles. The molecule has 122 valence electrons. The first-order chi connectivity index (χ1) is 10.9. The molecule has 7 heteroatoms. The lowest BCUT2D eigenvalue weighted by atomic mass is 10.2. The van der Waals surface area contributed by atoms with Crippen molar-refractivity contribution in [3.8, 4) is 5.75 Å². The van der Waals surface area contributed by atoms with Crippen LogP contribution in [0.5, 0.6) is 5.75 Å². The Kier molecular flexibility index (Phi) is 5.79. The number of thiocarbonyl (C=S) groups is 1. The molecule has 0 saturated carbocycles. The van der Waals surface area contributed by atoms with Crippen LogP contribution in [0.4, 0.5) is 0 Å². The number of rotatable bonds is 6. The molecule has 0 spiro atoms. The summed E-state index contributed by atoms with van der Waals surface area (Å²) in [7, 11) is 0. The number of hydrogen-bond acceptors (Lipinski definition) is 5. The molecule has 1 N–H and O–H groups in total. The zero-order valence-corrected chi connectivity index (χ0v) is 14.4. The first kappa shape index (κ1) is 17.5. The Hall–Kier alpha value is -1.86. The smallest absolute Gasteiger partial charge is 0.326 e. The largest absolute Gasteiger partial charge is 0.494 e. The summed E-state index contributed by atoms with van der Waals surface area (Å²) in [4.78, 5) is 25.0. The van der Waals surface area contributed by atoms with E-state index >= 15 is 0 Å². The van der Waals surface area contributed by atoms with Gasteiger partial charge in [0.1, 0.15) is 16.1 Å². The summed E-state index contributed by atoms with van der Waals surface area (Å²) in [6.45, 7) is 4.13. The molecule has 0 unspecified atom stereocenters. The second-order valence-corrected chi connectivity index (χ2v) is 6.66. The molecule has 1 heterocycles. The van der Waals surface area contributed by atoms with E-state index in [-0.39, 0.29) is 10.2 Å². The Balaban J connectivity index is 2.15. The number of benzene rings is 1. The molecule has 1 aromatic carbocycles. The van der Waals surface area contributed by atoms with Gasteiger partial charge in [0.25, 0.3) is 5.91 Å². The van der Waals surface area contributed by atoms with Crippen LogP contribution in [0.25, 0.3) is 6.08 Å². The summed E-state index contributed by atoms with van der Waals surface area (Å²) in [5, 5.41) is 9.06. The number of carbonyl (C=O) groups excluding carboxylic acids is 1. The quantitative estimate of drug-likeness (QED) is 0.627. The molecule has 1 fully saturated rings. The Bertz CT molecular complexity index is 655. The Morgan fingerprint density at radius 3 is 2.65 bits per heavy atom. The summed E-state index contributed by atoms with van der Waals surface area (Å²) < 4.78 is 5.77. The molecule has 0 bridgehead atoms. The van der Waals surface area contributed by atoms with Crippen LogP contribution in [0.1, 0.15) is 25.8 Å². The van der Waals surface area contributed by atoms with Gasteiger partial charge >= 0.3 is 5.97 Å². The fraction of sp³-hybridized carbons (Fsp3) is 0.312. The number of ether oxygens (including phenoxy) is 1. The number of hydrogen-bond donors (Lipinski definition) is 1. The van der Waals surface area contributed by atoms with Gasteiger partial charge in [0.05, 0.1) is 11.5 Å². The van der Waals surface area contributed by atoms with E-state index in [0.29, 0.717) is 11.5 Å². The van der Waals surface area contributed by atoms with Crippen molar-refractivity contribution in [2.75, 3.05) is 6.61 Å². The van der Waals surface area contributed by atoms with E-state index in [1.54, 1.807) is 6.08 Å². The highest BCUT2D eigenvalue weighted by atomic mass is 32.2. The minimum atomic E-state index is -1.08. The molecule has 0 radical (unpaired) electrons. The molecule has 1 aromatic rings. The van der Waals surface area contributed by atoms with Gasteiger partial charge in [-0.2, -0.15) is 0 Å². The molecule has 2 rings (SSSR count). The Morgan fingerprint density at radius 1 is 1.43 bits per heavy atom. The normalized spacial score (nSPS) is 17.7. The summed E-state index contributed by atoms with van der Waals surface area (Å²) in [5.41, 5.74) is 0.831. The van der Waals surface area contributed by atoms with Crippen molar-refractivity contribution in [2.45, 2.75) is 26.3 Å². The monoisotopic (exact) mass is 351 g/mol. The highest BCUT2D eigenvalue weighted by Crippen LogP contribution is 2.34. The minimum absolute atomic E-state index is 0.263. The number of nitrogens with zero attached hydrogens (tertiary/aromatic N) is 1. The molecule has 1 aliphatic heterocycles. The van der Waals surface area contributed by atoms with Gasteiger partial charge in [-0.25, -0.2) is 4.79 Å². The third-order valence-corrected chi connectivity index (χ3v) is 4.55. The average molecular weight is 351 g/mol. The number of carboxylic acid groups (broad SMARTS) is 1. The fourth-order valence-corrected chi connectivity index (χ4v) is 3.37. The predicted octanol–water partition coefficient (Wildman–Crippen LogP) is 3.15. The van der Waals surface area contributed by atoms with Gasteiger partial charge in [0.2, 0.25) is 0 Å². The lowest BCUT2D eigenvalue weighted by Gasteiger charge is -2.18. The van der Waals surface area contributed by atoms with Crippen molar-refractivity contribution in [3.63, 3.8) is 0 Å². The fourth-order valence-electron chi connectivity index (χ4n) is 1.96. The first-order valence-corrected chi connectivity index (χ1v) is 8.39. The number of carboxylic acids is 1. The van der Waals surface area contributed by atoms with E-state index in [1.165, 1.54) is 6.92 Å². The molecule has 1 atom stereocenters. The van der Waals surface area contributed by atoms with Crippen LogP contribution in [-0.2, 0) is 9.59 Å². The van der Waals surface area contributed by atoms with Crippen LogP contribution in [-0.4, -0.2) is 38.9 Å². The van der Waals surface area contributed by atoms with Crippen molar-refractivity contribution in [2.24, 2.45) is 0 Å². The maximum Gasteiger partial charge on any atom is 0.326 e. The first-order valence-electron chi connectivity index (χ1n) is 7.16. The summed E-state index contributed by atoms with van der Waals surface area (Å²) >= 11 is 6.23. The number of amides is 1. The second-order valence-electron chi connectivity index (χ2n) is 4.98. The van der Waals surface area contributed by atoms with Crippen molar-refractivity contribution < 1.29 is 19.4 Å². The van der Waals surface area contributed by atoms with Gasteiger partial charge in [0, 0.05) is 0 Å². The second kappa shape index (κ2) is 7.61. The van der Waals surface area contributed by atoms with E-state index in [1.807, 2.05) is 31.2 Å². The zero-order valence-electron chi connectivity index (χ0n) is 12.8. The van der Waals surface area contributed by atoms with E-state index in [9.17, 15) is 9.59 Å². The lowest BCUT2D eigenvalue weighted by Crippen LogP contribution is -2.41. The van der Waals surface area contributed by atoms with Crippen LogP contribution in [0.15, 0.2) is 29.2 Å². The summed E-state index contributed by atoms with van der Waals surface area (Å²) in [6, 6.07) is 6.39. The molecule has 1 saturated heterocycles. The van der Waals surface area contributed by atoms with E-state index in [2.05, 4.69) is 0 Å². The van der Waals surface area contributed by atoms with Crippen molar-refractivity contribution in [1.82, 2.24) is 4.90 Å². The van der Waals surface area contributed by atoms with Crippen molar-refractivity contribution in [3.05, 3.63) is 34.7 Å². The van der Waals surface area contributed by atoms with Gasteiger partial charge < -0.3 is 9.84 Å². The van der Waals surface area contributed by atoms with Crippen LogP contribution in [0.2, 0.25) is 0 Å². The van der Waals surface area contributed by atoms with Gasteiger partial charge in [-0.1, -0.05) is 43.0 Å². The van der Waals surface area contributed by atoms with E-state index in [0.717, 1.165) is 34.4 Å². The molecule has 1 aliphatic rings. The third-order valence-electron chi connectivity index (χ3n) is 3.22. The molecule has 5 nitrogen and oxygen atoms in total. The predicted molar refractivity (Wildman–Crippen MR) is 94.3 cm³/mol. The number of aliphatic carboxylic acids is 1. The third kappa shape index (κ3) is 4.11. The van der Waals surface area contributed by atoms with Crippen LogP contribution >= 0.6 is 24.0 Å². The van der Waals surface area contributed by atoms with Gasteiger partial charge in [-0.3, -0.25) is 9.69 Å². The van der Waals surface area contributed by atoms with Crippen LogP contribution in [0.3, 0.4) is 0 Å². The number of thioether (sulfide) groups is 1. The average Bonchev–Trinajstić information content (AvgIpc) is 2.80. The standard InChI is InChI=1S/C16H17NO4S2/c1-3-8-21-12-6-4-11(5-7-12)9-13-14(18)17(16(22)23-13)10(2)15(19)20/h4-7,9-10H,3,8H2,1-2H3,(H,19,20)/b13-9+/t10-/m1/s1. The minimum Gasteiger partial charge on any atom is -0.494 e. The highest BCUT2D eigenvalue weighted by Gasteiger charge is 2.38. The SMILES string of the molecule is CCCOc1ccc(/C=C2/SC(=S)N([C@H](C)C(=O)O)C2=O)cc1. The summed E-state index contributed by atoms with van der Waals surface area (Å²) in [5.74, 6) is -0.683. The summed E-state index contributed by atoms with van der Waals surface area (Å²) in [6.07, 6.45) is 2.64. The molecule has 1 amide bonds. The topological polar surface area (TPSA) is 66.8 Å². The maximum absolute atomic E-state index is 12.3. The Morgan fingerprint density at radius 2 is 2.09 bits per heavy atom. The highest BCUT2D eigenvalue weighted by molar-refractivity contribution is 8.26. The van der Waals surface area contributed by atoms with Gasteiger partial charge in [-0.05, 0) is 37.1 Å². The zero-order chi connectivity index (χ0) is 17.0. The van der Waals surface area contributed by atoms with E-state index < -0.39 is 12.0 Å². The number of carbonyl (C=O) groups is 2. The Labute approximate surface area is 144 Å². The maximum atomic E-state index is 12.3. The lowest BCUT2D eigenvalue weighted by molar-refractivity contribution is -0.144. The molecule has 0 aliphatic carbocycles. The van der Waals surface area contributed by atoms with Crippen LogP contribution in [0, 0.1) is 0 Å². The van der Waals surface area contributed by atoms with E-state index in [4.69, 9.17) is 22.1 Å². The molecular weight excluding hydrogens is 334 g/mol. The van der Waals surface area contributed by atoms with Crippen LogP contribution < -0.4 is 4.74 Å².